The highest BCUT2D eigenvalue weighted by Gasteiger charge is 2.31. The van der Waals surface area contributed by atoms with Crippen molar-refractivity contribution >= 4 is 17.3 Å². The van der Waals surface area contributed by atoms with Crippen LogP contribution in [0.1, 0.15) is 18.4 Å². The molecule has 112 valence electrons. The Bertz CT molecular complexity index is 472. The molecule has 4 nitrogen and oxygen atoms in total. The highest BCUT2D eigenvalue weighted by Crippen LogP contribution is 2.34. The molecule has 0 saturated heterocycles. The SMILES string of the molecule is CN(C)c1ccc(C(F)(F)F)cc1NC(=O)CCCN. The molecule has 1 aromatic rings. The molecule has 0 bridgehead atoms. The molecule has 1 rings (SSSR count). The number of carbonyl (C=O) groups excluding carboxylic acids is 1. The molecule has 7 heteroatoms. The first-order chi connectivity index (χ1) is 9.25. The van der Waals surface area contributed by atoms with Crippen molar-refractivity contribution in [2.75, 3.05) is 30.9 Å². The zero-order valence-corrected chi connectivity index (χ0v) is 11.4. The Kier molecular flexibility index (Phi) is 5.38. The number of anilines is 2. The van der Waals surface area contributed by atoms with Crippen LogP contribution in [-0.2, 0) is 11.0 Å². The summed E-state index contributed by atoms with van der Waals surface area (Å²) in [4.78, 5) is 13.3. The van der Waals surface area contributed by atoms with Crippen LogP contribution in [0.2, 0.25) is 0 Å². The summed E-state index contributed by atoms with van der Waals surface area (Å²) < 4.78 is 38.1. The summed E-state index contributed by atoms with van der Waals surface area (Å²) in [7, 11) is 3.39. The van der Waals surface area contributed by atoms with Crippen molar-refractivity contribution in [2.24, 2.45) is 5.73 Å². The summed E-state index contributed by atoms with van der Waals surface area (Å²) in [5, 5.41) is 2.50. The maximum absolute atomic E-state index is 12.7. The highest BCUT2D eigenvalue weighted by atomic mass is 19.4. The predicted octanol–water partition coefficient (Wildman–Crippen LogP) is 2.45. The summed E-state index contributed by atoms with van der Waals surface area (Å²) in [6, 6.07) is 3.27. The minimum Gasteiger partial charge on any atom is -0.376 e. The van der Waals surface area contributed by atoms with Crippen LogP contribution in [0.15, 0.2) is 18.2 Å². The van der Waals surface area contributed by atoms with E-state index in [0.717, 1.165) is 12.1 Å². The van der Waals surface area contributed by atoms with Gasteiger partial charge in [-0.1, -0.05) is 0 Å². The molecule has 0 spiro atoms. The third kappa shape index (κ3) is 4.41. The molecule has 1 amide bonds. The molecule has 0 aliphatic rings. The molecule has 0 fully saturated rings. The number of carbonyl (C=O) groups is 1. The first-order valence-electron chi connectivity index (χ1n) is 6.14. The molecule has 0 aliphatic heterocycles. The fourth-order valence-corrected chi connectivity index (χ4v) is 1.68. The van der Waals surface area contributed by atoms with Gasteiger partial charge in [0.25, 0.3) is 0 Å². The lowest BCUT2D eigenvalue weighted by Gasteiger charge is -2.19. The highest BCUT2D eigenvalue weighted by molar-refractivity contribution is 5.94. The van der Waals surface area contributed by atoms with Gasteiger partial charge in [0.05, 0.1) is 16.9 Å². The van der Waals surface area contributed by atoms with E-state index in [4.69, 9.17) is 5.73 Å². The smallest absolute Gasteiger partial charge is 0.376 e. The van der Waals surface area contributed by atoms with Gasteiger partial charge in [-0.05, 0) is 31.2 Å². The Balaban J connectivity index is 3.03. The molecule has 0 aromatic heterocycles. The first kappa shape index (κ1) is 16.3. The van der Waals surface area contributed by atoms with Gasteiger partial charge < -0.3 is 16.0 Å². The van der Waals surface area contributed by atoms with Crippen LogP contribution in [0.25, 0.3) is 0 Å². The predicted molar refractivity (Wildman–Crippen MR) is 72.7 cm³/mol. The zero-order chi connectivity index (χ0) is 15.3. The normalized spacial score (nSPS) is 11.3. The molecule has 20 heavy (non-hydrogen) atoms. The second-order valence-corrected chi connectivity index (χ2v) is 4.56. The van der Waals surface area contributed by atoms with E-state index in [9.17, 15) is 18.0 Å². The molecular formula is C13H18F3N3O. The van der Waals surface area contributed by atoms with Crippen molar-refractivity contribution in [1.29, 1.82) is 0 Å². The number of nitrogens with one attached hydrogen (secondary N) is 1. The van der Waals surface area contributed by atoms with Crippen LogP contribution < -0.4 is 16.0 Å². The molecular weight excluding hydrogens is 271 g/mol. The van der Waals surface area contributed by atoms with Crippen molar-refractivity contribution < 1.29 is 18.0 Å². The number of nitrogens with two attached hydrogens (primary N) is 1. The van der Waals surface area contributed by atoms with E-state index in [1.807, 2.05) is 0 Å². The van der Waals surface area contributed by atoms with Crippen molar-refractivity contribution in [2.45, 2.75) is 19.0 Å². The fraction of sp³-hybridized carbons (Fsp3) is 0.462. The van der Waals surface area contributed by atoms with E-state index in [1.165, 1.54) is 6.07 Å². The average Bonchev–Trinajstić information content (AvgIpc) is 2.34. The van der Waals surface area contributed by atoms with Crippen LogP contribution in [-0.4, -0.2) is 26.5 Å². The lowest BCUT2D eigenvalue weighted by atomic mass is 10.1. The van der Waals surface area contributed by atoms with Gasteiger partial charge in [0.2, 0.25) is 5.91 Å². The minimum atomic E-state index is -4.44. The lowest BCUT2D eigenvalue weighted by molar-refractivity contribution is -0.137. The lowest BCUT2D eigenvalue weighted by Crippen LogP contribution is -2.18. The van der Waals surface area contributed by atoms with Gasteiger partial charge in [-0.25, -0.2) is 0 Å². The number of hydrogen-bond acceptors (Lipinski definition) is 3. The van der Waals surface area contributed by atoms with E-state index in [2.05, 4.69) is 5.32 Å². The topological polar surface area (TPSA) is 58.4 Å². The van der Waals surface area contributed by atoms with Crippen molar-refractivity contribution in [1.82, 2.24) is 0 Å². The van der Waals surface area contributed by atoms with Gasteiger partial charge in [-0.3, -0.25) is 4.79 Å². The second kappa shape index (κ2) is 6.60. The van der Waals surface area contributed by atoms with E-state index in [-0.39, 0.29) is 18.0 Å². The van der Waals surface area contributed by atoms with Crippen LogP contribution in [0.5, 0.6) is 0 Å². The summed E-state index contributed by atoms with van der Waals surface area (Å²) in [5.74, 6) is -0.349. The third-order valence-corrected chi connectivity index (χ3v) is 2.69. The Morgan fingerprint density at radius 3 is 2.50 bits per heavy atom. The van der Waals surface area contributed by atoms with Gasteiger partial charge in [-0.15, -0.1) is 0 Å². The van der Waals surface area contributed by atoms with E-state index < -0.39 is 11.7 Å². The number of nitrogens with zero attached hydrogens (tertiary/aromatic N) is 1. The van der Waals surface area contributed by atoms with Crippen LogP contribution in [0, 0.1) is 0 Å². The number of rotatable bonds is 5. The first-order valence-corrected chi connectivity index (χ1v) is 6.14. The van der Waals surface area contributed by atoms with E-state index >= 15 is 0 Å². The van der Waals surface area contributed by atoms with Crippen LogP contribution >= 0.6 is 0 Å². The van der Waals surface area contributed by atoms with Crippen LogP contribution in [0.4, 0.5) is 24.5 Å². The Morgan fingerprint density at radius 2 is 2.00 bits per heavy atom. The standard InChI is InChI=1S/C13H18F3N3O/c1-19(2)11-6-5-9(13(14,15)16)8-10(11)18-12(20)4-3-7-17/h5-6,8H,3-4,7,17H2,1-2H3,(H,18,20). The van der Waals surface area contributed by atoms with Crippen molar-refractivity contribution in [3.63, 3.8) is 0 Å². The van der Waals surface area contributed by atoms with Gasteiger partial charge in [0.15, 0.2) is 0 Å². The maximum Gasteiger partial charge on any atom is 0.416 e. The molecule has 1 aromatic carbocycles. The number of amides is 1. The Morgan fingerprint density at radius 1 is 1.35 bits per heavy atom. The van der Waals surface area contributed by atoms with Gasteiger partial charge in [-0.2, -0.15) is 13.2 Å². The molecule has 0 aliphatic carbocycles. The number of hydrogen-bond donors (Lipinski definition) is 2. The molecule has 0 heterocycles. The monoisotopic (exact) mass is 289 g/mol. The number of alkyl halides is 3. The minimum absolute atomic E-state index is 0.145. The summed E-state index contributed by atoms with van der Waals surface area (Å²) in [6.07, 6.45) is -3.77. The van der Waals surface area contributed by atoms with Crippen molar-refractivity contribution in [3.05, 3.63) is 23.8 Å². The largest absolute Gasteiger partial charge is 0.416 e. The molecule has 3 N–H and O–H groups in total. The van der Waals surface area contributed by atoms with Crippen molar-refractivity contribution in [3.8, 4) is 0 Å². The van der Waals surface area contributed by atoms with Gasteiger partial charge in [0, 0.05) is 20.5 Å². The number of halogens is 3. The second-order valence-electron chi connectivity index (χ2n) is 4.56. The van der Waals surface area contributed by atoms with E-state index in [1.54, 1.807) is 19.0 Å². The molecule has 0 unspecified atom stereocenters. The Hall–Kier alpha value is -1.76. The third-order valence-electron chi connectivity index (χ3n) is 2.69. The van der Waals surface area contributed by atoms with Gasteiger partial charge >= 0.3 is 6.18 Å². The molecule has 0 atom stereocenters. The summed E-state index contributed by atoms with van der Waals surface area (Å²) >= 11 is 0. The summed E-state index contributed by atoms with van der Waals surface area (Å²) in [5.41, 5.74) is 5.16. The maximum atomic E-state index is 12.7. The fourth-order valence-electron chi connectivity index (χ4n) is 1.68. The Labute approximate surface area is 115 Å². The summed E-state index contributed by atoms with van der Waals surface area (Å²) in [6.45, 7) is 0.358. The molecule has 0 radical (unpaired) electrons. The average molecular weight is 289 g/mol. The van der Waals surface area contributed by atoms with Gasteiger partial charge in [0.1, 0.15) is 0 Å². The van der Waals surface area contributed by atoms with E-state index in [0.29, 0.717) is 18.7 Å². The zero-order valence-electron chi connectivity index (χ0n) is 11.4. The molecule has 0 saturated carbocycles. The number of benzene rings is 1. The quantitative estimate of drug-likeness (QED) is 0.875. The van der Waals surface area contributed by atoms with Crippen LogP contribution in [0.3, 0.4) is 0 Å².